The van der Waals surface area contributed by atoms with Gasteiger partial charge in [-0.1, -0.05) is 25.8 Å². The lowest BCUT2D eigenvalue weighted by Crippen LogP contribution is -2.46. The molecule has 116 valence electrons. The van der Waals surface area contributed by atoms with E-state index in [2.05, 4.69) is 17.6 Å². The van der Waals surface area contributed by atoms with Crippen LogP contribution in [-0.2, 0) is 0 Å². The van der Waals surface area contributed by atoms with Gasteiger partial charge in [0.15, 0.2) is 5.11 Å². The molecule has 2 nitrogen and oxygen atoms in total. The van der Waals surface area contributed by atoms with Crippen molar-refractivity contribution in [1.82, 2.24) is 10.6 Å². The first kappa shape index (κ1) is 16.1. The van der Waals surface area contributed by atoms with Gasteiger partial charge in [0.2, 0.25) is 0 Å². The molecule has 2 N–H and O–H groups in total. The minimum absolute atomic E-state index is 0.301. The van der Waals surface area contributed by atoms with Gasteiger partial charge < -0.3 is 10.6 Å². The summed E-state index contributed by atoms with van der Waals surface area (Å²) >= 11 is 5.31. The third-order valence-corrected chi connectivity index (χ3v) is 4.44. The van der Waals surface area contributed by atoms with Crippen molar-refractivity contribution in [3.8, 4) is 0 Å². The molecule has 1 aromatic rings. The zero-order valence-corrected chi connectivity index (χ0v) is 13.3. The summed E-state index contributed by atoms with van der Waals surface area (Å²) in [6.07, 6.45) is 4.81. The van der Waals surface area contributed by atoms with Crippen molar-refractivity contribution >= 4 is 17.3 Å². The highest BCUT2D eigenvalue weighted by Crippen LogP contribution is 2.24. The molecule has 0 unspecified atom stereocenters. The SMILES string of the molecule is C[C@H](NC(=S)N[C@@H]1CCCC[C@H]1C)c1ccc(F)cc1F. The Morgan fingerprint density at radius 3 is 2.67 bits per heavy atom. The van der Waals surface area contributed by atoms with Gasteiger partial charge in [-0.25, -0.2) is 8.78 Å². The molecular weight excluding hydrogens is 290 g/mol. The molecule has 3 atom stereocenters. The third-order valence-electron chi connectivity index (χ3n) is 4.20. The number of rotatable bonds is 3. The van der Waals surface area contributed by atoms with E-state index in [1.807, 2.05) is 6.92 Å². The minimum Gasteiger partial charge on any atom is -0.360 e. The summed E-state index contributed by atoms with van der Waals surface area (Å²) in [5.41, 5.74) is 0.414. The highest BCUT2D eigenvalue weighted by molar-refractivity contribution is 7.80. The predicted octanol–water partition coefficient (Wildman–Crippen LogP) is 4.07. The molecule has 0 amide bonds. The summed E-state index contributed by atoms with van der Waals surface area (Å²) in [6, 6.07) is 3.69. The van der Waals surface area contributed by atoms with E-state index in [4.69, 9.17) is 12.2 Å². The highest BCUT2D eigenvalue weighted by Gasteiger charge is 2.22. The number of halogens is 2. The van der Waals surface area contributed by atoms with Crippen LogP contribution in [0.5, 0.6) is 0 Å². The molecule has 0 saturated heterocycles. The molecular formula is C16H22F2N2S. The molecule has 2 rings (SSSR count). The van der Waals surface area contributed by atoms with Gasteiger partial charge in [-0.05, 0) is 44.0 Å². The quantitative estimate of drug-likeness (QED) is 0.823. The van der Waals surface area contributed by atoms with E-state index in [0.29, 0.717) is 22.6 Å². The lowest BCUT2D eigenvalue weighted by molar-refractivity contribution is 0.307. The molecule has 0 heterocycles. The number of nitrogens with one attached hydrogen (secondary N) is 2. The topological polar surface area (TPSA) is 24.1 Å². The van der Waals surface area contributed by atoms with Crippen molar-refractivity contribution in [2.75, 3.05) is 0 Å². The molecule has 21 heavy (non-hydrogen) atoms. The predicted molar refractivity (Wildman–Crippen MR) is 85.1 cm³/mol. The van der Waals surface area contributed by atoms with E-state index in [9.17, 15) is 8.78 Å². The fourth-order valence-electron chi connectivity index (χ4n) is 2.87. The molecule has 0 aliphatic heterocycles. The van der Waals surface area contributed by atoms with Crippen LogP contribution in [0.4, 0.5) is 8.78 Å². The summed E-state index contributed by atoms with van der Waals surface area (Å²) < 4.78 is 26.7. The van der Waals surface area contributed by atoms with E-state index in [1.165, 1.54) is 31.4 Å². The van der Waals surface area contributed by atoms with Crippen molar-refractivity contribution in [2.45, 2.75) is 51.6 Å². The van der Waals surface area contributed by atoms with Crippen LogP contribution in [0.1, 0.15) is 51.1 Å². The molecule has 1 saturated carbocycles. The molecule has 1 fully saturated rings. The van der Waals surface area contributed by atoms with Crippen molar-refractivity contribution in [2.24, 2.45) is 5.92 Å². The van der Waals surface area contributed by atoms with E-state index in [0.717, 1.165) is 12.5 Å². The van der Waals surface area contributed by atoms with Gasteiger partial charge in [0.05, 0.1) is 6.04 Å². The zero-order valence-electron chi connectivity index (χ0n) is 12.5. The minimum atomic E-state index is -0.569. The van der Waals surface area contributed by atoms with Crippen LogP contribution in [0.25, 0.3) is 0 Å². The summed E-state index contributed by atoms with van der Waals surface area (Å²) in [5.74, 6) is -0.527. The number of hydrogen-bond acceptors (Lipinski definition) is 1. The second-order valence-corrected chi connectivity index (χ2v) is 6.28. The smallest absolute Gasteiger partial charge is 0.166 e. The van der Waals surface area contributed by atoms with Crippen molar-refractivity contribution in [1.29, 1.82) is 0 Å². The number of thiocarbonyl (C=S) groups is 1. The molecule has 5 heteroatoms. The fourth-order valence-corrected chi connectivity index (χ4v) is 3.20. The lowest BCUT2D eigenvalue weighted by Gasteiger charge is -2.31. The Morgan fingerprint density at radius 1 is 1.29 bits per heavy atom. The molecule has 1 aromatic carbocycles. The van der Waals surface area contributed by atoms with Crippen LogP contribution in [0.15, 0.2) is 18.2 Å². The average molecular weight is 312 g/mol. The molecule has 0 aromatic heterocycles. The van der Waals surface area contributed by atoms with E-state index >= 15 is 0 Å². The maximum atomic E-state index is 13.7. The van der Waals surface area contributed by atoms with Crippen LogP contribution >= 0.6 is 12.2 Å². The summed E-state index contributed by atoms with van der Waals surface area (Å²) in [6.45, 7) is 4.04. The first-order valence-electron chi connectivity index (χ1n) is 7.49. The Morgan fingerprint density at radius 2 is 2.00 bits per heavy atom. The Balaban J connectivity index is 1.92. The van der Waals surface area contributed by atoms with Crippen LogP contribution < -0.4 is 10.6 Å². The molecule has 0 spiro atoms. The lowest BCUT2D eigenvalue weighted by atomic mass is 9.86. The Hall–Kier alpha value is -1.23. The maximum Gasteiger partial charge on any atom is 0.166 e. The Kier molecular flexibility index (Phi) is 5.51. The molecule has 1 aliphatic rings. The van der Waals surface area contributed by atoms with Gasteiger partial charge in [0.25, 0.3) is 0 Å². The van der Waals surface area contributed by atoms with Crippen LogP contribution in [-0.4, -0.2) is 11.2 Å². The summed E-state index contributed by atoms with van der Waals surface area (Å²) in [7, 11) is 0. The van der Waals surface area contributed by atoms with Gasteiger partial charge >= 0.3 is 0 Å². The highest BCUT2D eigenvalue weighted by atomic mass is 32.1. The van der Waals surface area contributed by atoms with E-state index in [1.54, 1.807) is 0 Å². The summed E-state index contributed by atoms with van der Waals surface area (Å²) in [5, 5.41) is 6.94. The van der Waals surface area contributed by atoms with Crippen LogP contribution in [0.3, 0.4) is 0 Å². The Labute approximate surface area is 130 Å². The number of benzene rings is 1. The van der Waals surface area contributed by atoms with Crippen LogP contribution in [0, 0.1) is 17.6 Å². The van der Waals surface area contributed by atoms with Gasteiger partial charge in [0, 0.05) is 17.7 Å². The van der Waals surface area contributed by atoms with Crippen molar-refractivity contribution in [3.63, 3.8) is 0 Å². The van der Waals surface area contributed by atoms with Gasteiger partial charge in [-0.15, -0.1) is 0 Å². The van der Waals surface area contributed by atoms with E-state index in [-0.39, 0.29) is 6.04 Å². The van der Waals surface area contributed by atoms with Gasteiger partial charge in [-0.3, -0.25) is 0 Å². The zero-order chi connectivity index (χ0) is 15.4. The van der Waals surface area contributed by atoms with Gasteiger partial charge in [0.1, 0.15) is 11.6 Å². The maximum absolute atomic E-state index is 13.7. The van der Waals surface area contributed by atoms with Crippen LogP contribution in [0.2, 0.25) is 0 Å². The molecule has 1 aliphatic carbocycles. The second kappa shape index (κ2) is 7.16. The molecule has 0 bridgehead atoms. The average Bonchev–Trinajstić information content (AvgIpc) is 2.41. The number of hydrogen-bond donors (Lipinski definition) is 2. The third kappa shape index (κ3) is 4.37. The van der Waals surface area contributed by atoms with E-state index < -0.39 is 11.6 Å². The normalized spacial score (nSPS) is 23.4. The monoisotopic (exact) mass is 312 g/mol. The molecule has 0 radical (unpaired) electrons. The van der Waals surface area contributed by atoms with Crippen molar-refractivity contribution in [3.05, 3.63) is 35.4 Å². The largest absolute Gasteiger partial charge is 0.360 e. The van der Waals surface area contributed by atoms with Crippen molar-refractivity contribution < 1.29 is 8.78 Å². The Bertz CT molecular complexity index is 507. The second-order valence-electron chi connectivity index (χ2n) is 5.87. The fraction of sp³-hybridized carbons (Fsp3) is 0.562. The standard InChI is InChI=1S/C16H22F2N2S/c1-10-5-3-4-6-15(10)20-16(21)19-11(2)13-8-7-12(17)9-14(13)18/h7-11,15H,3-6H2,1-2H3,(H2,19,20,21)/t10-,11+,15-/m1/s1. The first-order chi connectivity index (χ1) is 9.97. The summed E-state index contributed by atoms with van der Waals surface area (Å²) in [4.78, 5) is 0. The first-order valence-corrected chi connectivity index (χ1v) is 7.90. The van der Waals surface area contributed by atoms with Gasteiger partial charge in [-0.2, -0.15) is 0 Å².